The predicted molar refractivity (Wildman–Crippen MR) is 87.9 cm³/mol. The quantitative estimate of drug-likeness (QED) is 0.890. The van der Waals surface area contributed by atoms with Gasteiger partial charge in [0.25, 0.3) is 0 Å². The second kappa shape index (κ2) is 6.53. The van der Waals surface area contributed by atoms with Crippen LogP contribution in [0.2, 0.25) is 0 Å². The molecule has 0 amide bonds. The van der Waals surface area contributed by atoms with Crippen LogP contribution >= 0.6 is 0 Å². The maximum atomic E-state index is 9.86. The van der Waals surface area contributed by atoms with Gasteiger partial charge in [-0.3, -0.25) is 0 Å². The molecule has 0 spiro atoms. The number of phenolic OH excluding ortho intramolecular Hbond substituents is 1. The summed E-state index contributed by atoms with van der Waals surface area (Å²) in [6.45, 7) is 2.90. The Bertz CT molecular complexity index is 591. The van der Waals surface area contributed by atoms with Crippen LogP contribution in [0.3, 0.4) is 0 Å². The average Bonchev–Trinajstić information content (AvgIpc) is 2.55. The highest BCUT2D eigenvalue weighted by molar-refractivity contribution is 5.70. The van der Waals surface area contributed by atoms with Crippen molar-refractivity contribution in [2.24, 2.45) is 0 Å². The van der Waals surface area contributed by atoms with Crippen molar-refractivity contribution in [3.05, 3.63) is 54.1 Å². The van der Waals surface area contributed by atoms with E-state index in [1.807, 2.05) is 18.2 Å². The lowest BCUT2D eigenvalue weighted by Gasteiger charge is -2.30. The van der Waals surface area contributed by atoms with Crippen molar-refractivity contribution in [1.82, 2.24) is 0 Å². The van der Waals surface area contributed by atoms with Crippen molar-refractivity contribution in [2.45, 2.75) is 25.8 Å². The molecule has 3 nitrogen and oxygen atoms in total. The zero-order valence-corrected chi connectivity index (χ0v) is 12.3. The Hall–Kier alpha value is -2.16. The summed E-state index contributed by atoms with van der Waals surface area (Å²) >= 11 is 0. The third kappa shape index (κ3) is 3.30. The van der Waals surface area contributed by atoms with E-state index in [9.17, 15) is 5.11 Å². The minimum Gasteiger partial charge on any atom is -0.508 e. The van der Waals surface area contributed by atoms with Gasteiger partial charge in [-0.15, -0.1) is 0 Å². The Morgan fingerprint density at radius 2 is 1.62 bits per heavy atom. The lowest BCUT2D eigenvalue weighted by atomic mass is 10.1. The van der Waals surface area contributed by atoms with E-state index in [0.717, 1.165) is 24.3 Å². The molecule has 0 aromatic heterocycles. The van der Waals surface area contributed by atoms with Crippen LogP contribution in [0.5, 0.6) is 5.75 Å². The van der Waals surface area contributed by atoms with Crippen molar-refractivity contribution in [1.29, 1.82) is 0 Å². The highest BCUT2D eigenvalue weighted by Gasteiger charge is 2.14. The summed E-state index contributed by atoms with van der Waals surface area (Å²) in [5, 5.41) is 13.3. The summed E-state index contributed by atoms with van der Waals surface area (Å²) in [5.74, 6) is 0.348. The number of anilines is 2. The van der Waals surface area contributed by atoms with Crippen molar-refractivity contribution in [2.75, 3.05) is 23.3 Å². The third-order valence-electron chi connectivity index (χ3n) is 4.06. The molecule has 1 heterocycles. The van der Waals surface area contributed by atoms with Crippen LogP contribution in [0.4, 0.5) is 11.4 Å². The zero-order chi connectivity index (χ0) is 14.5. The van der Waals surface area contributed by atoms with E-state index in [0.29, 0.717) is 12.3 Å². The number of phenols is 1. The predicted octanol–water partition coefficient (Wildman–Crippen LogP) is 3.99. The van der Waals surface area contributed by atoms with Crippen LogP contribution in [-0.4, -0.2) is 18.2 Å². The number of piperidine rings is 1. The number of nitrogens with one attached hydrogen (secondary N) is 1. The Morgan fingerprint density at radius 3 is 2.43 bits per heavy atom. The van der Waals surface area contributed by atoms with Crippen LogP contribution < -0.4 is 10.2 Å². The first-order chi connectivity index (χ1) is 10.3. The van der Waals surface area contributed by atoms with Crippen LogP contribution in [0, 0.1) is 0 Å². The SMILES string of the molecule is Oc1ccccc1CNc1ccccc1N1CCCCC1. The molecule has 1 fully saturated rings. The summed E-state index contributed by atoms with van der Waals surface area (Å²) in [6.07, 6.45) is 3.88. The van der Waals surface area contributed by atoms with Gasteiger partial charge in [0.05, 0.1) is 11.4 Å². The Balaban J connectivity index is 1.74. The first-order valence-electron chi connectivity index (χ1n) is 7.69. The Morgan fingerprint density at radius 1 is 0.905 bits per heavy atom. The average molecular weight is 282 g/mol. The normalized spacial score (nSPS) is 15.0. The Labute approximate surface area is 126 Å². The van der Waals surface area contributed by atoms with E-state index in [1.54, 1.807) is 6.07 Å². The first-order valence-corrected chi connectivity index (χ1v) is 7.69. The molecule has 2 aromatic rings. The van der Waals surface area contributed by atoms with E-state index in [4.69, 9.17) is 0 Å². The summed E-state index contributed by atoms with van der Waals surface area (Å²) in [5.41, 5.74) is 3.33. The van der Waals surface area contributed by atoms with Crippen LogP contribution in [0.25, 0.3) is 0 Å². The van der Waals surface area contributed by atoms with Gasteiger partial charge in [0.15, 0.2) is 0 Å². The van der Waals surface area contributed by atoms with Gasteiger partial charge in [-0.2, -0.15) is 0 Å². The number of nitrogens with zero attached hydrogens (tertiary/aromatic N) is 1. The molecule has 1 saturated heterocycles. The summed E-state index contributed by atoms with van der Waals surface area (Å²) in [4.78, 5) is 2.46. The van der Waals surface area contributed by atoms with Gasteiger partial charge in [-0.1, -0.05) is 30.3 Å². The topological polar surface area (TPSA) is 35.5 Å². The first kappa shape index (κ1) is 13.8. The summed E-state index contributed by atoms with van der Waals surface area (Å²) in [7, 11) is 0. The third-order valence-corrected chi connectivity index (χ3v) is 4.06. The molecule has 1 aliphatic rings. The fourth-order valence-electron chi connectivity index (χ4n) is 2.88. The fraction of sp³-hybridized carbons (Fsp3) is 0.333. The van der Waals surface area contributed by atoms with Crippen LogP contribution in [-0.2, 0) is 6.54 Å². The zero-order valence-electron chi connectivity index (χ0n) is 12.3. The molecule has 0 radical (unpaired) electrons. The van der Waals surface area contributed by atoms with Crippen molar-refractivity contribution in [3.63, 3.8) is 0 Å². The monoisotopic (exact) mass is 282 g/mol. The Kier molecular flexibility index (Phi) is 4.29. The fourth-order valence-corrected chi connectivity index (χ4v) is 2.88. The lowest BCUT2D eigenvalue weighted by Crippen LogP contribution is -2.30. The van der Waals surface area contributed by atoms with Gasteiger partial charge < -0.3 is 15.3 Å². The van der Waals surface area contributed by atoms with Crippen molar-refractivity contribution in [3.8, 4) is 5.75 Å². The molecule has 3 heteroatoms. The molecule has 0 bridgehead atoms. The molecular weight excluding hydrogens is 260 g/mol. The van der Waals surface area contributed by atoms with Gasteiger partial charge in [0, 0.05) is 25.2 Å². The minimum atomic E-state index is 0.348. The highest BCUT2D eigenvalue weighted by Crippen LogP contribution is 2.29. The van der Waals surface area contributed by atoms with Crippen LogP contribution in [0.15, 0.2) is 48.5 Å². The molecule has 2 aromatic carbocycles. The van der Waals surface area contributed by atoms with E-state index in [-0.39, 0.29) is 0 Å². The molecule has 0 atom stereocenters. The van der Waals surface area contributed by atoms with E-state index in [2.05, 4.69) is 34.5 Å². The second-order valence-corrected chi connectivity index (χ2v) is 5.55. The summed E-state index contributed by atoms with van der Waals surface area (Å²) in [6, 6.07) is 15.9. The van der Waals surface area contributed by atoms with Gasteiger partial charge in [0.2, 0.25) is 0 Å². The second-order valence-electron chi connectivity index (χ2n) is 5.55. The molecule has 0 aliphatic carbocycles. The number of rotatable bonds is 4. The van der Waals surface area contributed by atoms with Crippen molar-refractivity contribution < 1.29 is 5.11 Å². The van der Waals surface area contributed by atoms with E-state index in [1.165, 1.54) is 24.9 Å². The van der Waals surface area contributed by atoms with Crippen molar-refractivity contribution >= 4 is 11.4 Å². The maximum Gasteiger partial charge on any atom is 0.120 e. The number of aromatic hydroxyl groups is 1. The number of para-hydroxylation sites is 3. The minimum absolute atomic E-state index is 0.348. The molecule has 21 heavy (non-hydrogen) atoms. The molecular formula is C18H22N2O. The number of benzene rings is 2. The molecule has 3 rings (SSSR count). The largest absolute Gasteiger partial charge is 0.508 e. The van der Waals surface area contributed by atoms with Gasteiger partial charge in [-0.05, 0) is 37.5 Å². The molecule has 1 aliphatic heterocycles. The van der Waals surface area contributed by atoms with Gasteiger partial charge in [-0.25, -0.2) is 0 Å². The molecule has 0 unspecified atom stereocenters. The van der Waals surface area contributed by atoms with E-state index >= 15 is 0 Å². The maximum absolute atomic E-state index is 9.86. The van der Waals surface area contributed by atoms with Gasteiger partial charge in [0.1, 0.15) is 5.75 Å². The summed E-state index contributed by atoms with van der Waals surface area (Å²) < 4.78 is 0. The lowest BCUT2D eigenvalue weighted by molar-refractivity contribution is 0.469. The van der Waals surface area contributed by atoms with E-state index < -0.39 is 0 Å². The number of hydrogen-bond acceptors (Lipinski definition) is 3. The van der Waals surface area contributed by atoms with Gasteiger partial charge >= 0.3 is 0 Å². The molecule has 2 N–H and O–H groups in total. The van der Waals surface area contributed by atoms with Crippen LogP contribution in [0.1, 0.15) is 24.8 Å². The number of hydrogen-bond donors (Lipinski definition) is 2. The highest BCUT2D eigenvalue weighted by atomic mass is 16.3. The molecule has 110 valence electrons. The molecule has 0 saturated carbocycles. The standard InChI is InChI=1S/C18H22N2O/c21-18-11-5-2-8-15(18)14-19-16-9-3-4-10-17(16)20-12-6-1-7-13-20/h2-5,8-11,19,21H,1,6-7,12-14H2. The smallest absolute Gasteiger partial charge is 0.120 e.